The topological polar surface area (TPSA) is 138 Å². The van der Waals surface area contributed by atoms with Gasteiger partial charge in [0.1, 0.15) is 12.4 Å². The maximum Gasteiger partial charge on any atom is 0.430 e. The summed E-state index contributed by atoms with van der Waals surface area (Å²) >= 11 is 0. The molecule has 11 heteroatoms. The van der Waals surface area contributed by atoms with Crippen LogP contribution in [-0.4, -0.2) is 72.1 Å². The zero-order valence-electron chi connectivity index (χ0n) is 21.2. The average molecular weight is 510 g/mol. The molecule has 1 aliphatic rings. The van der Waals surface area contributed by atoms with E-state index in [1.54, 1.807) is 24.3 Å². The lowest BCUT2D eigenvalue weighted by Gasteiger charge is -2.26. The van der Waals surface area contributed by atoms with Gasteiger partial charge in [-0.2, -0.15) is 0 Å². The monoisotopic (exact) mass is 509 g/mol. The van der Waals surface area contributed by atoms with Crippen LogP contribution in [0.15, 0.2) is 42.5 Å². The maximum atomic E-state index is 13.2. The number of morpholine rings is 1. The number of hydrogen-bond donors (Lipinski definition) is 2. The minimum atomic E-state index is -1.11. The molecule has 0 saturated carbocycles. The third-order valence-corrected chi connectivity index (χ3v) is 5.97. The Morgan fingerprint density at radius 2 is 1.78 bits per heavy atom. The van der Waals surface area contributed by atoms with Gasteiger partial charge in [-0.3, -0.25) is 19.3 Å². The molecule has 0 bridgehead atoms. The molecule has 1 aromatic heterocycles. The van der Waals surface area contributed by atoms with Crippen LogP contribution < -0.4 is 20.6 Å². The molecule has 0 aliphatic carbocycles. The van der Waals surface area contributed by atoms with Gasteiger partial charge in [0.25, 0.3) is 11.7 Å². The predicted molar refractivity (Wildman–Crippen MR) is 137 cm³/mol. The first-order valence-corrected chi connectivity index (χ1v) is 12.0. The number of fused-ring (bicyclic) bond motifs is 1. The number of ether oxygens (including phenoxy) is 2. The third kappa shape index (κ3) is 6.25. The van der Waals surface area contributed by atoms with Crippen LogP contribution in [0.4, 0.5) is 10.6 Å². The maximum absolute atomic E-state index is 13.2. The molecule has 1 aliphatic heterocycles. The zero-order valence-corrected chi connectivity index (χ0v) is 21.2. The Balaban J connectivity index is 1.53. The number of benzene rings is 2. The van der Waals surface area contributed by atoms with Crippen LogP contribution in [0, 0.1) is 0 Å². The fourth-order valence-electron chi connectivity index (χ4n) is 3.97. The second-order valence-electron chi connectivity index (χ2n) is 9.69. The molecule has 0 atom stereocenters. The van der Waals surface area contributed by atoms with Gasteiger partial charge in [-0.25, -0.2) is 4.79 Å². The molecular weight excluding hydrogens is 478 g/mol. The van der Waals surface area contributed by atoms with E-state index in [0.717, 1.165) is 43.1 Å². The molecule has 2 aromatic carbocycles. The largest absolute Gasteiger partial charge is 0.492 e. The fourth-order valence-corrected chi connectivity index (χ4v) is 3.97. The number of rotatable bonds is 8. The van der Waals surface area contributed by atoms with Gasteiger partial charge >= 0.3 is 6.09 Å². The molecule has 37 heavy (non-hydrogen) atoms. The number of carbonyl (C=O) groups excluding carboxylic acids is 3. The van der Waals surface area contributed by atoms with Crippen molar-refractivity contribution in [1.29, 1.82) is 0 Å². The number of aromatic nitrogens is 2. The Morgan fingerprint density at radius 3 is 2.46 bits per heavy atom. The van der Waals surface area contributed by atoms with E-state index in [2.05, 4.69) is 15.3 Å². The summed E-state index contributed by atoms with van der Waals surface area (Å²) in [5, 5.41) is 7.97. The van der Waals surface area contributed by atoms with Gasteiger partial charge in [-0.15, -0.1) is 5.10 Å². The summed E-state index contributed by atoms with van der Waals surface area (Å²) < 4.78 is 11.4. The first-order chi connectivity index (χ1) is 17.6. The molecule has 2 amide bonds. The molecule has 0 radical (unpaired) electrons. The average Bonchev–Trinajstić information content (AvgIpc) is 3.26. The van der Waals surface area contributed by atoms with Crippen molar-refractivity contribution in [3.8, 4) is 5.75 Å². The molecule has 11 nitrogen and oxygen atoms in total. The van der Waals surface area contributed by atoms with Crippen molar-refractivity contribution in [3.05, 3.63) is 53.7 Å². The van der Waals surface area contributed by atoms with Gasteiger partial charge in [0, 0.05) is 42.1 Å². The molecule has 3 aromatic rings. The first kappa shape index (κ1) is 26.1. The number of primary amides is 1. The fraction of sp³-hybridized carbons (Fsp3) is 0.385. The van der Waals surface area contributed by atoms with Crippen LogP contribution in [0.25, 0.3) is 10.8 Å². The third-order valence-electron chi connectivity index (χ3n) is 5.97. The number of hydrogen-bond acceptors (Lipinski definition) is 8. The second kappa shape index (κ2) is 11.0. The molecular formula is C26H31N5O6. The molecule has 2 heterocycles. The van der Waals surface area contributed by atoms with Crippen molar-refractivity contribution < 1.29 is 28.7 Å². The van der Waals surface area contributed by atoms with Crippen LogP contribution in [0.1, 0.15) is 36.8 Å². The van der Waals surface area contributed by atoms with E-state index in [0.29, 0.717) is 23.4 Å². The Bertz CT molecular complexity index is 1310. The number of Topliss-reactive ketones (excluding diaryl/α,β-unsaturated/α-hetero) is 1. The van der Waals surface area contributed by atoms with E-state index >= 15 is 0 Å². The molecule has 1 fully saturated rings. The lowest BCUT2D eigenvalue weighted by Crippen LogP contribution is -2.38. The lowest BCUT2D eigenvalue weighted by atomic mass is 9.92. The highest BCUT2D eigenvalue weighted by Crippen LogP contribution is 2.29. The summed E-state index contributed by atoms with van der Waals surface area (Å²) in [7, 11) is 0. The van der Waals surface area contributed by atoms with E-state index in [4.69, 9.17) is 20.0 Å². The second-order valence-corrected chi connectivity index (χ2v) is 9.69. The summed E-state index contributed by atoms with van der Waals surface area (Å²) in [5.41, 5.74) is 5.45. The van der Waals surface area contributed by atoms with E-state index in [1.165, 1.54) is 6.07 Å². The van der Waals surface area contributed by atoms with Gasteiger partial charge < -0.3 is 20.5 Å². The Hall–Kier alpha value is -3.96. The van der Waals surface area contributed by atoms with Crippen molar-refractivity contribution in [2.45, 2.75) is 26.2 Å². The molecule has 4 rings (SSSR count). The van der Waals surface area contributed by atoms with Crippen LogP contribution >= 0.6 is 0 Å². The van der Waals surface area contributed by atoms with Crippen molar-refractivity contribution in [2.24, 2.45) is 5.73 Å². The highest BCUT2D eigenvalue weighted by atomic mass is 16.7. The standard InChI is InChI=1S/C26H31N5O6/c1-26(2,3)21-16-22(31(29-21)37-25(27)34)28-24(33)23(32)19-8-9-20(18-7-5-4-6-17(18)19)36-15-12-30-10-13-35-14-11-30/h4-9,16H,10-15H2,1-3H3,(H2,27,34)(H,28,33). The Labute approximate surface area is 214 Å². The minimum absolute atomic E-state index is 0.00875. The number of amides is 2. The summed E-state index contributed by atoms with van der Waals surface area (Å²) in [6, 6.07) is 12.0. The van der Waals surface area contributed by atoms with E-state index < -0.39 is 23.2 Å². The lowest BCUT2D eigenvalue weighted by molar-refractivity contribution is -0.112. The molecule has 0 unspecified atom stereocenters. The van der Waals surface area contributed by atoms with Crippen LogP contribution in [0.5, 0.6) is 5.75 Å². The molecule has 196 valence electrons. The van der Waals surface area contributed by atoms with Gasteiger partial charge in [0.15, 0.2) is 5.82 Å². The van der Waals surface area contributed by atoms with Crippen LogP contribution in [0.3, 0.4) is 0 Å². The van der Waals surface area contributed by atoms with E-state index in [-0.39, 0.29) is 11.4 Å². The first-order valence-electron chi connectivity index (χ1n) is 12.0. The van der Waals surface area contributed by atoms with Crippen LogP contribution in [-0.2, 0) is 14.9 Å². The van der Waals surface area contributed by atoms with Gasteiger partial charge in [0.05, 0.1) is 18.9 Å². The van der Waals surface area contributed by atoms with Crippen molar-refractivity contribution in [2.75, 3.05) is 44.8 Å². The minimum Gasteiger partial charge on any atom is -0.492 e. The number of nitrogens with two attached hydrogens (primary N) is 1. The number of carbonyl (C=O) groups is 3. The van der Waals surface area contributed by atoms with Gasteiger partial charge in [-0.05, 0) is 17.5 Å². The number of nitrogens with zero attached hydrogens (tertiary/aromatic N) is 3. The van der Waals surface area contributed by atoms with E-state index in [1.807, 2.05) is 32.9 Å². The number of ketones is 1. The van der Waals surface area contributed by atoms with Gasteiger partial charge in [-0.1, -0.05) is 49.9 Å². The quantitative estimate of drug-likeness (QED) is 0.349. The summed E-state index contributed by atoms with van der Waals surface area (Å²) in [5.74, 6) is -1.04. The molecule has 1 saturated heterocycles. The van der Waals surface area contributed by atoms with Gasteiger partial charge in [0.2, 0.25) is 0 Å². The molecule has 0 spiro atoms. The Kier molecular flexibility index (Phi) is 7.74. The number of nitrogens with one attached hydrogen (secondary N) is 1. The van der Waals surface area contributed by atoms with Crippen molar-refractivity contribution >= 4 is 34.4 Å². The zero-order chi connectivity index (χ0) is 26.6. The smallest absolute Gasteiger partial charge is 0.430 e. The highest BCUT2D eigenvalue weighted by Gasteiger charge is 2.26. The SMILES string of the molecule is CC(C)(C)c1cc(NC(=O)C(=O)c2ccc(OCCN3CCOCC3)c3ccccc23)n(OC(N)=O)n1. The Morgan fingerprint density at radius 1 is 1.08 bits per heavy atom. The summed E-state index contributed by atoms with van der Waals surface area (Å²) in [4.78, 5) is 45.4. The van der Waals surface area contributed by atoms with Crippen molar-refractivity contribution in [1.82, 2.24) is 14.8 Å². The summed E-state index contributed by atoms with van der Waals surface area (Å²) in [6.45, 7) is 10.1. The summed E-state index contributed by atoms with van der Waals surface area (Å²) in [6.07, 6.45) is -1.11. The van der Waals surface area contributed by atoms with E-state index in [9.17, 15) is 14.4 Å². The molecule has 3 N–H and O–H groups in total. The highest BCUT2D eigenvalue weighted by molar-refractivity contribution is 6.48. The van der Waals surface area contributed by atoms with Crippen LogP contribution in [0.2, 0.25) is 0 Å². The number of anilines is 1. The van der Waals surface area contributed by atoms with Crippen molar-refractivity contribution in [3.63, 3.8) is 0 Å². The normalized spacial score (nSPS) is 14.4. The predicted octanol–water partition coefficient (Wildman–Crippen LogP) is 2.37.